The number of carbonyl (C=O) groups is 1. The SMILES string of the molecule is CCCN(CCOc1cc(Cl)cc(Cl)c1C)C(=O)c1cncc(I)c1. The fraction of sp³-hybridized carbons (Fsp3) is 0.333. The number of halogens is 3. The molecule has 4 nitrogen and oxygen atoms in total. The van der Waals surface area contributed by atoms with Gasteiger partial charge in [0, 0.05) is 38.1 Å². The van der Waals surface area contributed by atoms with E-state index in [1.54, 1.807) is 29.4 Å². The van der Waals surface area contributed by atoms with E-state index in [1.807, 2.05) is 19.9 Å². The third kappa shape index (κ3) is 5.72. The summed E-state index contributed by atoms with van der Waals surface area (Å²) >= 11 is 14.3. The molecule has 0 radical (unpaired) electrons. The van der Waals surface area contributed by atoms with Crippen molar-refractivity contribution in [2.24, 2.45) is 0 Å². The molecule has 0 aliphatic carbocycles. The smallest absolute Gasteiger partial charge is 0.255 e. The average molecular weight is 493 g/mol. The number of hydrogen-bond acceptors (Lipinski definition) is 3. The number of nitrogens with zero attached hydrogens (tertiary/aromatic N) is 2. The molecule has 0 saturated heterocycles. The molecule has 0 unspecified atom stereocenters. The lowest BCUT2D eigenvalue weighted by Gasteiger charge is -2.22. The van der Waals surface area contributed by atoms with Crippen LogP contribution in [-0.2, 0) is 0 Å². The molecule has 1 aromatic carbocycles. The Labute approximate surface area is 171 Å². The maximum atomic E-state index is 12.7. The first-order valence-electron chi connectivity index (χ1n) is 7.90. The van der Waals surface area contributed by atoms with Gasteiger partial charge in [-0.2, -0.15) is 0 Å². The van der Waals surface area contributed by atoms with Crippen LogP contribution in [0.5, 0.6) is 5.75 Å². The molecule has 0 fully saturated rings. The Hall–Kier alpha value is -1.05. The number of ether oxygens (including phenoxy) is 1. The highest BCUT2D eigenvalue weighted by Gasteiger charge is 2.16. The Kier molecular flexibility index (Phi) is 7.78. The van der Waals surface area contributed by atoms with E-state index in [0.717, 1.165) is 15.6 Å². The Balaban J connectivity index is 2.04. The summed E-state index contributed by atoms with van der Waals surface area (Å²) in [6.07, 6.45) is 4.18. The molecular weight excluding hydrogens is 474 g/mol. The van der Waals surface area contributed by atoms with E-state index in [0.29, 0.717) is 41.1 Å². The largest absolute Gasteiger partial charge is 0.491 e. The molecule has 0 aliphatic rings. The second-order valence-corrected chi connectivity index (χ2v) is 7.63. The van der Waals surface area contributed by atoms with Crippen LogP contribution < -0.4 is 4.74 Å². The van der Waals surface area contributed by atoms with E-state index in [9.17, 15) is 4.79 Å². The molecule has 0 aliphatic heterocycles. The van der Waals surface area contributed by atoms with Crippen molar-refractivity contribution in [3.05, 3.63) is 55.3 Å². The minimum Gasteiger partial charge on any atom is -0.491 e. The maximum Gasteiger partial charge on any atom is 0.255 e. The molecule has 0 saturated carbocycles. The molecule has 2 rings (SSSR count). The van der Waals surface area contributed by atoms with Gasteiger partial charge in [0.2, 0.25) is 0 Å². The average Bonchev–Trinajstić information content (AvgIpc) is 2.57. The quantitative estimate of drug-likeness (QED) is 0.497. The van der Waals surface area contributed by atoms with Crippen LogP contribution in [0.25, 0.3) is 0 Å². The first-order valence-corrected chi connectivity index (χ1v) is 9.74. The standard InChI is InChI=1S/C18H19Cl2IN2O2/c1-3-4-23(18(24)13-7-15(21)11-22-10-13)5-6-25-17-9-14(19)8-16(20)12(17)2/h7-11H,3-6H2,1-2H3. The lowest BCUT2D eigenvalue weighted by Crippen LogP contribution is -2.35. The highest BCUT2D eigenvalue weighted by atomic mass is 127. The summed E-state index contributed by atoms with van der Waals surface area (Å²) in [6.45, 7) is 5.40. The van der Waals surface area contributed by atoms with Crippen LogP contribution in [0.2, 0.25) is 10.0 Å². The lowest BCUT2D eigenvalue weighted by atomic mass is 10.2. The molecule has 7 heteroatoms. The summed E-state index contributed by atoms with van der Waals surface area (Å²) in [5, 5.41) is 1.09. The summed E-state index contributed by atoms with van der Waals surface area (Å²) in [5.74, 6) is 0.592. The van der Waals surface area contributed by atoms with Crippen molar-refractivity contribution in [3.8, 4) is 5.75 Å². The summed E-state index contributed by atoms with van der Waals surface area (Å²) in [7, 11) is 0. The van der Waals surface area contributed by atoms with Gasteiger partial charge in [-0.15, -0.1) is 0 Å². The molecule has 0 bridgehead atoms. The molecule has 0 spiro atoms. The zero-order valence-corrected chi connectivity index (χ0v) is 17.7. The molecule has 2 aromatic rings. The monoisotopic (exact) mass is 492 g/mol. The van der Waals surface area contributed by atoms with E-state index >= 15 is 0 Å². The van der Waals surface area contributed by atoms with E-state index in [-0.39, 0.29) is 5.91 Å². The number of benzene rings is 1. The molecule has 1 heterocycles. The van der Waals surface area contributed by atoms with Crippen LogP contribution >= 0.6 is 45.8 Å². The van der Waals surface area contributed by atoms with Crippen molar-refractivity contribution in [2.45, 2.75) is 20.3 Å². The number of pyridine rings is 1. The highest BCUT2D eigenvalue weighted by molar-refractivity contribution is 14.1. The van der Waals surface area contributed by atoms with Crippen LogP contribution in [-0.4, -0.2) is 35.5 Å². The predicted molar refractivity (Wildman–Crippen MR) is 110 cm³/mol. The first-order chi connectivity index (χ1) is 11.9. The number of rotatable bonds is 7. The van der Waals surface area contributed by atoms with Gasteiger partial charge in [0.15, 0.2) is 0 Å². The highest BCUT2D eigenvalue weighted by Crippen LogP contribution is 2.30. The van der Waals surface area contributed by atoms with Crippen molar-refractivity contribution in [3.63, 3.8) is 0 Å². The van der Waals surface area contributed by atoms with Crippen molar-refractivity contribution >= 4 is 51.7 Å². The number of carbonyl (C=O) groups excluding carboxylic acids is 1. The minimum atomic E-state index is -0.0442. The molecule has 1 aromatic heterocycles. The Morgan fingerprint density at radius 2 is 2.00 bits per heavy atom. The fourth-order valence-corrected chi connectivity index (χ4v) is 3.31. The minimum absolute atomic E-state index is 0.0442. The number of amides is 1. The summed E-state index contributed by atoms with van der Waals surface area (Å²) in [5.41, 5.74) is 1.42. The van der Waals surface area contributed by atoms with E-state index in [2.05, 4.69) is 27.6 Å². The second-order valence-electron chi connectivity index (χ2n) is 5.54. The van der Waals surface area contributed by atoms with Gasteiger partial charge in [-0.3, -0.25) is 9.78 Å². The van der Waals surface area contributed by atoms with Gasteiger partial charge in [-0.25, -0.2) is 0 Å². The van der Waals surface area contributed by atoms with Gasteiger partial charge in [-0.05, 0) is 54.1 Å². The molecule has 0 N–H and O–H groups in total. The van der Waals surface area contributed by atoms with E-state index in [1.165, 1.54) is 0 Å². The molecule has 1 amide bonds. The number of aromatic nitrogens is 1. The normalized spacial score (nSPS) is 10.6. The van der Waals surface area contributed by atoms with Crippen LogP contribution in [0.4, 0.5) is 0 Å². The van der Waals surface area contributed by atoms with Crippen LogP contribution in [0, 0.1) is 10.5 Å². The topological polar surface area (TPSA) is 42.4 Å². The Morgan fingerprint density at radius 1 is 1.24 bits per heavy atom. The second kappa shape index (κ2) is 9.59. The van der Waals surface area contributed by atoms with Gasteiger partial charge in [0.25, 0.3) is 5.91 Å². The molecular formula is C18H19Cl2IN2O2. The zero-order valence-electron chi connectivity index (χ0n) is 14.1. The first kappa shape index (κ1) is 20.3. The van der Waals surface area contributed by atoms with Gasteiger partial charge in [-0.1, -0.05) is 30.1 Å². The molecule has 0 atom stereocenters. The molecule has 25 heavy (non-hydrogen) atoms. The van der Waals surface area contributed by atoms with Gasteiger partial charge >= 0.3 is 0 Å². The van der Waals surface area contributed by atoms with Crippen molar-refractivity contribution < 1.29 is 9.53 Å². The van der Waals surface area contributed by atoms with Crippen LogP contribution in [0.15, 0.2) is 30.6 Å². The van der Waals surface area contributed by atoms with Crippen molar-refractivity contribution in [1.29, 1.82) is 0 Å². The van der Waals surface area contributed by atoms with E-state index in [4.69, 9.17) is 27.9 Å². The maximum absolute atomic E-state index is 12.7. The van der Waals surface area contributed by atoms with Gasteiger partial charge in [0.05, 0.1) is 12.1 Å². The van der Waals surface area contributed by atoms with Crippen molar-refractivity contribution in [2.75, 3.05) is 19.7 Å². The summed E-state index contributed by atoms with van der Waals surface area (Å²) in [4.78, 5) is 18.6. The van der Waals surface area contributed by atoms with Crippen LogP contribution in [0.1, 0.15) is 29.3 Å². The van der Waals surface area contributed by atoms with E-state index < -0.39 is 0 Å². The summed E-state index contributed by atoms with van der Waals surface area (Å²) < 4.78 is 6.74. The van der Waals surface area contributed by atoms with Crippen LogP contribution in [0.3, 0.4) is 0 Å². The number of hydrogen-bond donors (Lipinski definition) is 0. The van der Waals surface area contributed by atoms with Crippen molar-refractivity contribution in [1.82, 2.24) is 9.88 Å². The predicted octanol–water partition coefficient (Wildman–Crippen LogP) is 5.23. The van der Waals surface area contributed by atoms with Gasteiger partial charge in [0.1, 0.15) is 12.4 Å². The lowest BCUT2D eigenvalue weighted by molar-refractivity contribution is 0.0729. The molecule has 134 valence electrons. The zero-order chi connectivity index (χ0) is 18.4. The Morgan fingerprint density at radius 3 is 2.68 bits per heavy atom. The summed E-state index contributed by atoms with van der Waals surface area (Å²) in [6, 6.07) is 5.25. The Bertz CT molecular complexity index is 756. The third-order valence-electron chi connectivity index (χ3n) is 3.61. The van der Waals surface area contributed by atoms with Gasteiger partial charge < -0.3 is 9.64 Å². The fourth-order valence-electron chi connectivity index (χ4n) is 2.33. The third-order valence-corrected chi connectivity index (χ3v) is 4.81.